The SMILES string of the molecule is CC(NCC1CCCC1)c1ccc(Cl)c(Cl)c1. The first-order chi connectivity index (χ1) is 8.16. The Morgan fingerprint density at radius 1 is 1.24 bits per heavy atom. The highest BCUT2D eigenvalue weighted by atomic mass is 35.5. The molecule has 1 aliphatic rings. The molecule has 3 heteroatoms. The lowest BCUT2D eigenvalue weighted by molar-refractivity contribution is 0.452. The largest absolute Gasteiger partial charge is 0.310 e. The Hall–Kier alpha value is -0.240. The minimum atomic E-state index is 0.338. The van der Waals surface area contributed by atoms with Crippen molar-refractivity contribution >= 4 is 23.2 Å². The minimum absolute atomic E-state index is 0.338. The van der Waals surface area contributed by atoms with Crippen LogP contribution in [0.4, 0.5) is 0 Å². The van der Waals surface area contributed by atoms with Crippen LogP contribution in [0.1, 0.15) is 44.2 Å². The van der Waals surface area contributed by atoms with E-state index in [1.807, 2.05) is 18.2 Å². The number of hydrogen-bond donors (Lipinski definition) is 1. The molecule has 1 aromatic rings. The van der Waals surface area contributed by atoms with Crippen molar-refractivity contribution in [3.05, 3.63) is 33.8 Å². The molecule has 0 bridgehead atoms. The highest BCUT2D eigenvalue weighted by molar-refractivity contribution is 6.42. The third kappa shape index (κ3) is 3.61. The van der Waals surface area contributed by atoms with Crippen LogP contribution in [0, 0.1) is 5.92 Å². The van der Waals surface area contributed by atoms with Crippen molar-refractivity contribution in [2.24, 2.45) is 5.92 Å². The maximum absolute atomic E-state index is 6.03. The van der Waals surface area contributed by atoms with Crippen molar-refractivity contribution in [1.82, 2.24) is 5.32 Å². The van der Waals surface area contributed by atoms with Crippen LogP contribution in [0.15, 0.2) is 18.2 Å². The molecular formula is C14H19Cl2N. The van der Waals surface area contributed by atoms with Gasteiger partial charge in [-0.1, -0.05) is 42.1 Å². The molecule has 1 atom stereocenters. The first kappa shape index (κ1) is 13.2. The second kappa shape index (κ2) is 6.08. The molecule has 0 amide bonds. The second-order valence-electron chi connectivity index (χ2n) is 4.95. The summed E-state index contributed by atoms with van der Waals surface area (Å²) in [5, 5.41) is 4.85. The van der Waals surface area contributed by atoms with Crippen LogP contribution >= 0.6 is 23.2 Å². The molecule has 1 nitrogen and oxygen atoms in total. The average Bonchev–Trinajstić information content (AvgIpc) is 2.82. The number of rotatable bonds is 4. The molecule has 1 aliphatic carbocycles. The molecule has 1 N–H and O–H groups in total. The molecule has 0 radical (unpaired) electrons. The summed E-state index contributed by atoms with van der Waals surface area (Å²) in [6, 6.07) is 6.20. The van der Waals surface area contributed by atoms with Gasteiger partial charge >= 0.3 is 0 Å². The molecule has 1 unspecified atom stereocenters. The molecule has 94 valence electrons. The van der Waals surface area contributed by atoms with E-state index in [2.05, 4.69) is 12.2 Å². The van der Waals surface area contributed by atoms with Crippen LogP contribution in [0.3, 0.4) is 0 Å². The van der Waals surface area contributed by atoms with Crippen molar-refractivity contribution in [2.45, 2.75) is 38.6 Å². The summed E-state index contributed by atoms with van der Waals surface area (Å²) < 4.78 is 0. The Balaban J connectivity index is 1.89. The van der Waals surface area contributed by atoms with Gasteiger partial charge in [-0.05, 0) is 49.9 Å². The molecule has 17 heavy (non-hydrogen) atoms. The predicted molar refractivity (Wildman–Crippen MR) is 74.8 cm³/mol. The van der Waals surface area contributed by atoms with E-state index < -0.39 is 0 Å². The van der Waals surface area contributed by atoms with Gasteiger partial charge in [-0.2, -0.15) is 0 Å². The Morgan fingerprint density at radius 2 is 1.94 bits per heavy atom. The standard InChI is InChI=1S/C14H19Cl2N/c1-10(17-9-11-4-2-3-5-11)12-6-7-13(15)14(16)8-12/h6-8,10-11,17H,2-5,9H2,1H3. The summed E-state index contributed by atoms with van der Waals surface area (Å²) in [7, 11) is 0. The Kier molecular flexibility index (Phi) is 4.72. The van der Waals surface area contributed by atoms with E-state index in [1.54, 1.807) is 0 Å². The highest BCUT2D eigenvalue weighted by Gasteiger charge is 2.16. The topological polar surface area (TPSA) is 12.0 Å². The molecule has 0 saturated heterocycles. The first-order valence-corrected chi connectivity index (χ1v) is 7.10. The van der Waals surface area contributed by atoms with Crippen LogP contribution < -0.4 is 5.32 Å². The van der Waals surface area contributed by atoms with E-state index in [0.29, 0.717) is 16.1 Å². The van der Waals surface area contributed by atoms with Crippen LogP contribution in [0.5, 0.6) is 0 Å². The lowest BCUT2D eigenvalue weighted by atomic mass is 10.1. The molecule has 0 aromatic heterocycles. The summed E-state index contributed by atoms with van der Waals surface area (Å²) in [6.07, 6.45) is 5.54. The Bertz CT molecular complexity index is 372. The fourth-order valence-electron chi connectivity index (χ4n) is 2.46. The third-order valence-electron chi connectivity index (χ3n) is 3.63. The zero-order valence-corrected chi connectivity index (χ0v) is 11.7. The molecular weight excluding hydrogens is 253 g/mol. The van der Waals surface area contributed by atoms with Gasteiger partial charge in [-0.3, -0.25) is 0 Å². The van der Waals surface area contributed by atoms with Gasteiger partial charge in [0.15, 0.2) is 0 Å². The number of halogens is 2. The van der Waals surface area contributed by atoms with Gasteiger partial charge in [0.05, 0.1) is 10.0 Å². The molecule has 1 saturated carbocycles. The lowest BCUT2D eigenvalue weighted by Crippen LogP contribution is -2.24. The average molecular weight is 272 g/mol. The maximum atomic E-state index is 6.03. The zero-order chi connectivity index (χ0) is 12.3. The quantitative estimate of drug-likeness (QED) is 0.827. The number of benzene rings is 1. The molecule has 0 spiro atoms. The van der Waals surface area contributed by atoms with E-state index >= 15 is 0 Å². The monoisotopic (exact) mass is 271 g/mol. The summed E-state index contributed by atoms with van der Waals surface area (Å²) >= 11 is 11.9. The summed E-state index contributed by atoms with van der Waals surface area (Å²) in [4.78, 5) is 0. The molecule has 0 aliphatic heterocycles. The smallest absolute Gasteiger partial charge is 0.0595 e. The van der Waals surface area contributed by atoms with Crippen molar-refractivity contribution in [1.29, 1.82) is 0 Å². The predicted octanol–water partition coefficient (Wildman–Crippen LogP) is 4.83. The van der Waals surface area contributed by atoms with Crippen molar-refractivity contribution < 1.29 is 0 Å². The fraction of sp³-hybridized carbons (Fsp3) is 0.571. The van der Waals surface area contributed by atoms with E-state index in [1.165, 1.54) is 31.2 Å². The third-order valence-corrected chi connectivity index (χ3v) is 4.37. The van der Waals surface area contributed by atoms with Gasteiger partial charge in [-0.25, -0.2) is 0 Å². The Morgan fingerprint density at radius 3 is 2.59 bits per heavy atom. The van der Waals surface area contributed by atoms with Crippen molar-refractivity contribution in [2.75, 3.05) is 6.54 Å². The molecule has 1 fully saturated rings. The number of hydrogen-bond acceptors (Lipinski definition) is 1. The maximum Gasteiger partial charge on any atom is 0.0595 e. The van der Waals surface area contributed by atoms with Gasteiger partial charge in [0.2, 0.25) is 0 Å². The van der Waals surface area contributed by atoms with Crippen molar-refractivity contribution in [3.63, 3.8) is 0 Å². The van der Waals surface area contributed by atoms with Gasteiger partial charge in [0.25, 0.3) is 0 Å². The van der Waals surface area contributed by atoms with Crippen LogP contribution in [0.25, 0.3) is 0 Å². The lowest BCUT2D eigenvalue weighted by Gasteiger charge is -2.17. The zero-order valence-electron chi connectivity index (χ0n) is 10.2. The fourth-order valence-corrected chi connectivity index (χ4v) is 2.76. The Labute approximate surface area is 114 Å². The van der Waals surface area contributed by atoms with E-state index in [4.69, 9.17) is 23.2 Å². The van der Waals surface area contributed by atoms with Gasteiger partial charge in [0.1, 0.15) is 0 Å². The summed E-state index contributed by atoms with van der Waals surface area (Å²) in [6.45, 7) is 3.29. The van der Waals surface area contributed by atoms with Gasteiger partial charge < -0.3 is 5.32 Å². The number of nitrogens with one attached hydrogen (secondary N) is 1. The van der Waals surface area contributed by atoms with E-state index in [0.717, 1.165) is 12.5 Å². The van der Waals surface area contributed by atoms with Gasteiger partial charge in [-0.15, -0.1) is 0 Å². The summed E-state index contributed by atoms with van der Waals surface area (Å²) in [5.41, 5.74) is 1.21. The summed E-state index contributed by atoms with van der Waals surface area (Å²) in [5.74, 6) is 0.861. The van der Waals surface area contributed by atoms with E-state index in [9.17, 15) is 0 Å². The highest BCUT2D eigenvalue weighted by Crippen LogP contribution is 2.27. The van der Waals surface area contributed by atoms with Crippen molar-refractivity contribution in [3.8, 4) is 0 Å². The normalized spacial score (nSPS) is 18.5. The first-order valence-electron chi connectivity index (χ1n) is 6.35. The molecule has 0 heterocycles. The molecule has 1 aromatic carbocycles. The van der Waals surface area contributed by atoms with Crippen LogP contribution in [-0.2, 0) is 0 Å². The second-order valence-corrected chi connectivity index (χ2v) is 5.77. The minimum Gasteiger partial charge on any atom is -0.310 e. The van der Waals surface area contributed by atoms with Crippen LogP contribution in [0.2, 0.25) is 10.0 Å². The molecule has 2 rings (SSSR count). The van der Waals surface area contributed by atoms with Crippen LogP contribution in [-0.4, -0.2) is 6.54 Å². The van der Waals surface area contributed by atoms with E-state index in [-0.39, 0.29) is 0 Å². The van der Waals surface area contributed by atoms with Gasteiger partial charge in [0, 0.05) is 6.04 Å².